The lowest BCUT2D eigenvalue weighted by atomic mass is 9.74. The summed E-state index contributed by atoms with van der Waals surface area (Å²) in [5, 5.41) is 0. The Kier molecular flexibility index (Phi) is 3.32. The molecule has 0 aromatic heterocycles. The zero-order chi connectivity index (χ0) is 17.3. The van der Waals surface area contributed by atoms with Crippen molar-refractivity contribution in [2.24, 2.45) is 0 Å². The molecule has 1 aromatic carbocycles. The molecule has 5 nitrogen and oxygen atoms in total. The minimum Gasteiger partial charge on any atom is -0.482 e. The molecule has 2 heterocycles. The second kappa shape index (κ2) is 4.99. The Morgan fingerprint density at radius 1 is 1.12 bits per heavy atom. The Morgan fingerprint density at radius 2 is 1.75 bits per heavy atom. The van der Waals surface area contributed by atoms with Gasteiger partial charge in [0.25, 0.3) is 5.91 Å². The van der Waals surface area contributed by atoms with E-state index in [0.29, 0.717) is 5.92 Å². The van der Waals surface area contributed by atoms with Crippen molar-refractivity contribution in [1.82, 2.24) is 0 Å². The summed E-state index contributed by atoms with van der Waals surface area (Å²) >= 11 is 0. The quantitative estimate of drug-likeness (QED) is 0.781. The third-order valence-electron chi connectivity index (χ3n) is 5.78. The summed E-state index contributed by atoms with van der Waals surface area (Å²) in [5.74, 6) is 1.27. The van der Waals surface area contributed by atoms with Crippen LogP contribution in [0.3, 0.4) is 0 Å². The highest BCUT2D eigenvalue weighted by Crippen LogP contribution is 2.45. The van der Waals surface area contributed by atoms with E-state index in [1.807, 2.05) is 6.07 Å². The fourth-order valence-corrected chi connectivity index (χ4v) is 3.27. The van der Waals surface area contributed by atoms with E-state index in [-0.39, 0.29) is 23.7 Å². The van der Waals surface area contributed by atoms with Gasteiger partial charge < -0.3 is 18.9 Å². The summed E-state index contributed by atoms with van der Waals surface area (Å²) in [6, 6.07) is 4.10. The molecular weight excluding hydrogens is 305 g/mol. The normalized spacial score (nSPS) is 24.8. The summed E-state index contributed by atoms with van der Waals surface area (Å²) in [6.45, 7) is 8.33. The minimum atomic E-state index is -0.415. The van der Waals surface area contributed by atoms with Crippen LogP contribution in [0.5, 0.6) is 5.75 Å². The number of hydrogen-bond acceptors (Lipinski definition) is 4. The maximum Gasteiger partial charge on any atom is 0.495 e. The molecule has 6 heteroatoms. The standard InChI is InChI=1S/C18H24BNO4/c1-17(2)18(3,4)24-19(23-17)13-9-14-15(8-12(13)11-6-7-11)22-10-16(21)20(14)5/h8-9,11H,6-7,10H2,1-5H3. The predicted octanol–water partition coefficient (Wildman–Crippen LogP) is 2.22. The number of benzene rings is 1. The highest BCUT2D eigenvalue weighted by atomic mass is 16.7. The average Bonchev–Trinajstić information content (AvgIpc) is 3.30. The van der Waals surface area contributed by atoms with Crippen LogP contribution in [0, 0.1) is 0 Å². The van der Waals surface area contributed by atoms with E-state index in [1.165, 1.54) is 18.4 Å². The molecule has 4 rings (SSSR count). The second-order valence-electron chi connectivity index (χ2n) is 8.05. The van der Waals surface area contributed by atoms with Crippen molar-refractivity contribution in [3.63, 3.8) is 0 Å². The van der Waals surface area contributed by atoms with Gasteiger partial charge in [-0.2, -0.15) is 0 Å². The summed E-state index contributed by atoms with van der Waals surface area (Å²) in [6.07, 6.45) is 2.36. The first-order chi connectivity index (χ1) is 11.2. The van der Waals surface area contributed by atoms with Crippen LogP contribution in [-0.4, -0.2) is 37.9 Å². The van der Waals surface area contributed by atoms with E-state index in [1.54, 1.807) is 11.9 Å². The van der Waals surface area contributed by atoms with Crippen LogP contribution in [0.25, 0.3) is 0 Å². The van der Waals surface area contributed by atoms with E-state index < -0.39 is 7.12 Å². The van der Waals surface area contributed by atoms with Crippen molar-refractivity contribution in [2.75, 3.05) is 18.6 Å². The third-order valence-corrected chi connectivity index (χ3v) is 5.78. The minimum absolute atomic E-state index is 0.0402. The summed E-state index contributed by atoms with van der Waals surface area (Å²) in [7, 11) is 1.37. The maximum atomic E-state index is 12.0. The number of fused-ring (bicyclic) bond motifs is 1. The fourth-order valence-electron chi connectivity index (χ4n) is 3.27. The third kappa shape index (κ3) is 2.35. The van der Waals surface area contributed by atoms with Gasteiger partial charge in [0.2, 0.25) is 0 Å². The molecule has 1 aliphatic carbocycles. The molecule has 0 spiro atoms. The highest BCUT2D eigenvalue weighted by molar-refractivity contribution is 6.63. The fraction of sp³-hybridized carbons (Fsp3) is 0.611. The first kappa shape index (κ1) is 16.0. The van der Waals surface area contributed by atoms with E-state index in [9.17, 15) is 4.79 Å². The Hall–Kier alpha value is -1.53. The Bertz CT molecular complexity index is 695. The molecule has 3 aliphatic rings. The van der Waals surface area contributed by atoms with Crippen molar-refractivity contribution in [3.8, 4) is 5.75 Å². The number of anilines is 1. The molecule has 1 amide bonds. The van der Waals surface area contributed by atoms with Crippen LogP contribution in [0.4, 0.5) is 5.69 Å². The van der Waals surface area contributed by atoms with Crippen molar-refractivity contribution in [1.29, 1.82) is 0 Å². The van der Waals surface area contributed by atoms with E-state index >= 15 is 0 Å². The molecule has 0 radical (unpaired) electrons. The van der Waals surface area contributed by atoms with E-state index in [4.69, 9.17) is 14.0 Å². The number of amides is 1. The summed E-state index contributed by atoms with van der Waals surface area (Å²) in [4.78, 5) is 13.6. The highest BCUT2D eigenvalue weighted by Gasteiger charge is 2.53. The lowest BCUT2D eigenvalue weighted by Crippen LogP contribution is -2.41. The lowest BCUT2D eigenvalue weighted by molar-refractivity contribution is -0.120. The molecular formula is C18H24BNO4. The molecule has 1 aromatic rings. The van der Waals surface area contributed by atoms with Crippen molar-refractivity contribution < 1.29 is 18.8 Å². The number of carbonyl (C=O) groups is 1. The van der Waals surface area contributed by atoms with E-state index in [2.05, 4.69) is 33.8 Å². The van der Waals surface area contributed by atoms with Gasteiger partial charge in [-0.15, -0.1) is 0 Å². The average molecular weight is 329 g/mol. The summed E-state index contributed by atoms with van der Waals surface area (Å²) < 4.78 is 18.2. The molecule has 0 unspecified atom stereocenters. The molecule has 1 saturated heterocycles. The van der Waals surface area contributed by atoms with Crippen LogP contribution in [0.2, 0.25) is 0 Å². The van der Waals surface area contributed by atoms with Crippen LogP contribution in [0.1, 0.15) is 52.0 Å². The van der Waals surface area contributed by atoms with Gasteiger partial charge >= 0.3 is 7.12 Å². The summed E-state index contributed by atoms with van der Waals surface area (Å²) in [5.41, 5.74) is 2.29. The molecule has 0 bridgehead atoms. The number of ether oxygens (including phenoxy) is 1. The van der Waals surface area contributed by atoms with Crippen LogP contribution in [0.15, 0.2) is 12.1 Å². The van der Waals surface area contributed by atoms with Crippen LogP contribution < -0.4 is 15.1 Å². The smallest absolute Gasteiger partial charge is 0.482 e. The first-order valence-corrected chi connectivity index (χ1v) is 8.62. The number of hydrogen-bond donors (Lipinski definition) is 0. The predicted molar refractivity (Wildman–Crippen MR) is 93.0 cm³/mol. The van der Waals surface area contributed by atoms with Crippen molar-refractivity contribution in [2.45, 2.75) is 57.7 Å². The maximum absolute atomic E-state index is 12.0. The number of nitrogens with zero attached hydrogens (tertiary/aromatic N) is 1. The zero-order valence-electron chi connectivity index (χ0n) is 15.0. The van der Waals surface area contributed by atoms with Gasteiger partial charge in [0.05, 0.1) is 16.9 Å². The van der Waals surface area contributed by atoms with Crippen molar-refractivity contribution >= 4 is 24.2 Å². The van der Waals surface area contributed by atoms with Gasteiger partial charge in [0.1, 0.15) is 5.75 Å². The van der Waals surface area contributed by atoms with Gasteiger partial charge in [-0.05, 0) is 69.6 Å². The largest absolute Gasteiger partial charge is 0.495 e. The van der Waals surface area contributed by atoms with Gasteiger partial charge in [-0.25, -0.2) is 0 Å². The van der Waals surface area contributed by atoms with E-state index in [0.717, 1.165) is 16.9 Å². The van der Waals surface area contributed by atoms with Crippen LogP contribution >= 0.6 is 0 Å². The topological polar surface area (TPSA) is 48.0 Å². The second-order valence-corrected chi connectivity index (χ2v) is 8.05. The van der Waals surface area contributed by atoms with Crippen molar-refractivity contribution in [3.05, 3.63) is 17.7 Å². The molecule has 128 valence electrons. The number of rotatable bonds is 2. The Balaban J connectivity index is 1.79. The molecule has 2 fully saturated rings. The SMILES string of the molecule is CN1C(=O)COc2cc(C3CC3)c(B3OC(C)(C)C(C)(C)O3)cc21. The van der Waals surface area contributed by atoms with Gasteiger partial charge in [-0.3, -0.25) is 4.79 Å². The zero-order valence-corrected chi connectivity index (χ0v) is 15.0. The molecule has 0 N–H and O–H groups in total. The monoisotopic (exact) mass is 329 g/mol. The Morgan fingerprint density at radius 3 is 2.33 bits per heavy atom. The number of likely N-dealkylation sites (N-methyl/N-ethyl adjacent to an activating group) is 1. The van der Waals surface area contributed by atoms with Gasteiger partial charge in [-0.1, -0.05) is 0 Å². The molecule has 2 aliphatic heterocycles. The molecule has 1 saturated carbocycles. The van der Waals surface area contributed by atoms with Gasteiger partial charge in [0, 0.05) is 7.05 Å². The van der Waals surface area contributed by atoms with Gasteiger partial charge in [0.15, 0.2) is 6.61 Å². The Labute approximate surface area is 143 Å². The number of carbonyl (C=O) groups excluding carboxylic acids is 1. The first-order valence-electron chi connectivity index (χ1n) is 8.62. The molecule has 0 atom stereocenters. The van der Waals surface area contributed by atoms with Crippen LogP contribution in [-0.2, 0) is 14.1 Å². The molecule has 24 heavy (non-hydrogen) atoms. The lowest BCUT2D eigenvalue weighted by Gasteiger charge is -2.32.